The molecule has 2 heterocycles. The predicted octanol–water partition coefficient (Wildman–Crippen LogP) is 4.51. The molecule has 1 atom stereocenters. The number of nitrogens with one attached hydrogen (secondary N) is 1. The van der Waals surface area contributed by atoms with Gasteiger partial charge in [-0.2, -0.15) is 5.26 Å². The molecule has 1 N–H and O–H groups in total. The van der Waals surface area contributed by atoms with Crippen molar-refractivity contribution in [2.24, 2.45) is 7.05 Å². The number of imidazole rings is 1. The molecule has 3 aromatic carbocycles. The molecular formula is C32H29F2N5O4. The van der Waals surface area contributed by atoms with Gasteiger partial charge in [-0.15, -0.1) is 0 Å². The summed E-state index contributed by atoms with van der Waals surface area (Å²) in [5.41, 5.74) is 2.51. The lowest BCUT2D eigenvalue weighted by molar-refractivity contribution is -0.122. The molecule has 5 rings (SSSR count). The van der Waals surface area contributed by atoms with Crippen LogP contribution in [0, 0.1) is 23.0 Å². The van der Waals surface area contributed by atoms with Crippen LogP contribution < -0.4 is 15.7 Å². The molecule has 0 aliphatic heterocycles. The van der Waals surface area contributed by atoms with Gasteiger partial charge >= 0.3 is 5.69 Å². The average molecular weight is 586 g/mol. The predicted molar refractivity (Wildman–Crippen MR) is 157 cm³/mol. The topological polar surface area (TPSA) is 111 Å². The summed E-state index contributed by atoms with van der Waals surface area (Å²) in [4.78, 5) is 31.1. The fourth-order valence-electron chi connectivity index (χ4n) is 5.28. The van der Waals surface area contributed by atoms with Gasteiger partial charge in [0, 0.05) is 32.2 Å². The second-order valence-electron chi connectivity index (χ2n) is 10.1. The zero-order valence-electron chi connectivity index (χ0n) is 23.9. The first-order valence-corrected chi connectivity index (χ1v) is 13.6. The Morgan fingerprint density at radius 3 is 2.56 bits per heavy atom. The molecule has 1 amide bonds. The van der Waals surface area contributed by atoms with Crippen molar-refractivity contribution in [2.75, 3.05) is 27.4 Å². The van der Waals surface area contributed by atoms with Crippen molar-refractivity contribution in [2.45, 2.75) is 18.8 Å². The van der Waals surface area contributed by atoms with E-state index in [4.69, 9.17) is 9.47 Å². The smallest absolute Gasteiger partial charge is 0.333 e. The largest absolute Gasteiger partial charge is 0.496 e. The zero-order valence-corrected chi connectivity index (χ0v) is 23.9. The van der Waals surface area contributed by atoms with Crippen LogP contribution in [-0.4, -0.2) is 47.4 Å². The highest BCUT2D eigenvalue weighted by Crippen LogP contribution is 2.33. The monoisotopic (exact) mass is 585 g/mol. The number of carbonyl (C=O) groups excluding carboxylic acids is 1. The lowest BCUT2D eigenvalue weighted by atomic mass is 9.90. The average Bonchev–Trinajstić information content (AvgIpc) is 3.27. The third-order valence-electron chi connectivity index (χ3n) is 7.50. The van der Waals surface area contributed by atoms with E-state index in [1.807, 2.05) is 12.1 Å². The molecule has 2 aromatic heterocycles. The minimum Gasteiger partial charge on any atom is -0.496 e. The number of rotatable bonds is 10. The standard InChI is InChI=1S/C32H29F2N5O4/c1-38-28-18-37-26-16-29(43-3)21(7-10-23(31(40)36-12-13-42-2)20-5-8-22(33)9-6-20)15-24(26)30(28)39(32(38)41)27-11-4-19(17-35)14-25(27)34/h4-6,8-9,11,14-16,18,23H,7,10,12-13H2,1-3H3,(H,36,40). The molecule has 0 spiro atoms. The molecule has 0 saturated heterocycles. The number of aryl methyl sites for hydroxylation is 2. The number of nitrogens with zero attached hydrogens (tertiary/aromatic N) is 4. The molecule has 0 saturated carbocycles. The van der Waals surface area contributed by atoms with Crippen molar-refractivity contribution < 1.29 is 23.0 Å². The molecule has 11 heteroatoms. The highest BCUT2D eigenvalue weighted by Gasteiger charge is 2.23. The molecule has 5 aromatic rings. The Morgan fingerprint density at radius 2 is 1.88 bits per heavy atom. The maximum absolute atomic E-state index is 15.2. The number of carbonyl (C=O) groups is 1. The summed E-state index contributed by atoms with van der Waals surface area (Å²) in [5, 5.41) is 12.6. The van der Waals surface area contributed by atoms with E-state index in [2.05, 4.69) is 10.3 Å². The van der Waals surface area contributed by atoms with Gasteiger partial charge in [0.2, 0.25) is 5.91 Å². The van der Waals surface area contributed by atoms with E-state index in [1.54, 1.807) is 38.6 Å². The highest BCUT2D eigenvalue weighted by molar-refractivity contribution is 6.04. The molecule has 0 radical (unpaired) electrons. The van der Waals surface area contributed by atoms with Gasteiger partial charge in [0.05, 0.1) is 59.7 Å². The number of nitriles is 1. The highest BCUT2D eigenvalue weighted by atomic mass is 19.1. The molecule has 0 fully saturated rings. The van der Waals surface area contributed by atoms with Gasteiger partial charge in [-0.3, -0.25) is 18.9 Å². The maximum Gasteiger partial charge on any atom is 0.333 e. The lowest BCUT2D eigenvalue weighted by Crippen LogP contribution is -2.32. The molecule has 0 aliphatic carbocycles. The molecule has 1 unspecified atom stereocenters. The van der Waals surface area contributed by atoms with Crippen LogP contribution in [0.4, 0.5) is 8.78 Å². The summed E-state index contributed by atoms with van der Waals surface area (Å²) in [7, 11) is 4.66. The number of methoxy groups -OCH3 is 2. The summed E-state index contributed by atoms with van der Waals surface area (Å²) in [6.07, 6.45) is 2.30. The van der Waals surface area contributed by atoms with Crippen LogP contribution in [-0.2, 0) is 23.0 Å². The van der Waals surface area contributed by atoms with Gasteiger partial charge in [-0.05, 0) is 60.4 Å². The lowest BCUT2D eigenvalue weighted by Gasteiger charge is -2.19. The Hall–Kier alpha value is -5.08. The van der Waals surface area contributed by atoms with Crippen molar-refractivity contribution in [1.82, 2.24) is 19.4 Å². The Kier molecular flexibility index (Phi) is 8.50. The minimum atomic E-state index is -0.714. The fourth-order valence-corrected chi connectivity index (χ4v) is 5.28. The van der Waals surface area contributed by atoms with Crippen molar-refractivity contribution in [3.8, 4) is 17.5 Å². The number of hydrogen-bond acceptors (Lipinski definition) is 6. The Labute approximate surface area is 245 Å². The van der Waals surface area contributed by atoms with Gasteiger partial charge in [0.25, 0.3) is 0 Å². The van der Waals surface area contributed by atoms with E-state index < -0.39 is 23.2 Å². The molecule has 9 nitrogen and oxygen atoms in total. The minimum absolute atomic E-state index is 0.00331. The van der Waals surface area contributed by atoms with Crippen LogP contribution in [0.25, 0.3) is 27.6 Å². The third kappa shape index (κ3) is 5.69. The Balaban J connectivity index is 1.61. The van der Waals surface area contributed by atoms with Gasteiger partial charge in [-0.25, -0.2) is 13.6 Å². The molecule has 0 bridgehead atoms. The van der Waals surface area contributed by atoms with E-state index in [0.29, 0.717) is 59.2 Å². The number of fused-ring (bicyclic) bond motifs is 3. The summed E-state index contributed by atoms with van der Waals surface area (Å²) in [6.45, 7) is 0.676. The van der Waals surface area contributed by atoms with Crippen LogP contribution in [0.1, 0.15) is 29.0 Å². The Bertz CT molecular complexity index is 1930. The van der Waals surface area contributed by atoms with Gasteiger partial charge < -0.3 is 14.8 Å². The normalized spacial score (nSPS) is 11.9. The Morgan fingerprint density at radius 1 is 1.12 bits per heavy atom. The number of halogens is 2. The number of benzene rings is 3. The van der Waals surface area contributed by atoms with Gasteiger partial charge in [-0.1, -0.05) is 12.1 Å². The number of ether oxygens (including phenoxy) is 2. The third-order valence-corrected chi connectivity index (χ3v) is 7.50. The van der Waals surface area contributed by atoms with Crippen LogP contribution in [0.5, 0.6) is 5.75 Å². The van der Waals surface area contributed by atoms with Gasteiger partial charge in [0.1, 0.15) is 17.4 Å². The first-order chi connectivity index (χ1) is 20.8. The first-order valence-electron chi connectivity index (χ1n) is 13.6. The van der Waals surface area contributed by atoms with Crippen molar-refractivity contribution >= 4 is 27.8 Å². The van der Waals surface area contributed by atoms with Crippen LogP contribution >= 0.6 is 0 Å². The zero-order chi connectivity index (χ0) is 30.7. The van der Waals surface area contributed by atoms with E-state index in [-0.39, 0.29) is 17.2 Å². The van der Waals surface area contributed by atoms with Crippen molar-refractivity contribution in [3.05, 3.63) is 99.6 Å². The van der Waals surface area contributed by atoms with Crippen molar-refractivity contribution in [1.29, 1.82) is 5.26 Å². The van der Waals surface area contributed by atoms with E-state index in [9.17, 15) is 19.2 Å². The quantitative estimate of drug-likeness (QED) is 0.242. The maximum atomic E-state index is 15.2. The summed E-state index contributed by atoms with van der Waals surface area (Å²) < 4.78 is 42.3. The van der Waals surface area contributed by atoms with Crippen molar-refractivity contribution in [3.63, 3.8) is 0 Å². The molecule has 43 heavy (non-hydrogen) atoms. The number of amides is 1. The number of hydrogen-bond donors (Lipinski definition) is 1. The van der Waals surface area contributed by atoms with Crippen LogP contribution in [0.3, 0.4) is 0 Å². The van der Waals surface area contributed by atoms with Crippen LogP contribution in [0.2, 0.25) is 0 Å². The second-order valence-corrected chi connectivity index (χ2v) is 10.1. The summed E-state index contributed by atoms with van der Waals surface area (Å²) in [6, 6.07) is 15.3. The SMILES string of the molecule is COCCNC(=O)C(CCc1cc2c(cc1OC)ncc1c2n(-c2ccc(C#N)cc2F)c(=O)n1C)c1ccc(F)cc1. The molecule has 0 aliphatic rings. The molecular weight excluding hydrogens is 556 g/mol. The van der Waals surface area contributed by atoms with E-state index >= 15 is 4.39 Å². The second kappa shape index (κ2) is 12.4. The summed E-state index contributed by atoms with van der Waals surface area (Å²) >= 11 is 0. The summed E-state index contributed by atoms with van der Waals surface area (Å²) in [5.74, 6) is -1.39. The molecule has 220 valence electrons. The van der Waals surface area contributed by atoms with Gasteiger partial charge in [0.15, 0.2) is 0 Å². The van der Waals surface area contributed by atoms with Crippen LogP contribution in [0.15, 0.2) is 65.6 Å². The first kappa shape index (κ1) is 29.4. The van der Waals surface area contributed by atoms with E-state index in [0.717, 1.165) is 11.6 Å². The number of aromatic nitrogens is 3. The number of pyridine rings is 1. The van der Waals surface area contributed by atoms with E-state index in [1.165, 1.54) is 40.5 Å². The fraction of sp³-hybridized carbons (Fsp3) is 0.250.